The van der Waals surface area contributed by atoms with Crippen molar-refractivity contribution >= 4 is 11.9 Å². The van der Waals surface area contributed by atoms with E-state index in [4.69, 9.17) is 9.26 Å². The molecular weight excluding hydrogens is 348 g/mol. The van der Waals surface area contributed by atoms with E-state index in [-0.39, 0.29) is 11.8 Å². The number of carbonyl (C=O) groups excluding carboxylic acids is 2. The topological polar surface area (TPSA) is 107 Å². The highest BCUT2D eigenvalue weighted by atomic mass is 16.6. The van der Waals surface area contributed by atoms with Gasteiger partial charge in [-0.3, -0.25) is 9.78 Å². The van der Waals surface area contributed by atoms with Crippen molar-refractivity contribution in [1.29, 1.82) is 0 Å². The second kappa shape index (κ2) is 8.22. The first-order valence-electron chi connectivity index (χ1n) is 8.35. The van der Waals surface area contributed by atoms with Crippen molar-refractivity contribution in [1.82, 2.24) is 20.4 Å². The van der Waals surface area contributed by atoms with Crippen molar-refractivity contribution in [3.63, 3.8) is 0 Å². The predicted octanol–water partition coefficient (Wildman–Crippen LogP) is 2.55. The molecule has 3 aromatic rings. The van der Waals surface area contributed by atoms with Gasteiger partial charge in [0.15, 0.2) is 6.10 Å². The molecule has 0 bridgehead atoms. The van der Waals surface area contributed by atoms with Crippen LogP contribution < -0.4 is 5.32 Å². The smallest absolute Gasteiger partial charge is 0.329 e. The molecule has 0 spiro atoms. The number of benzene rings is 1. The lowest BCUT2D eigenvalue weighted by Crippen LogP contribution is -2.39. The van der Waals surface area contributed by atoms with Crippen LogP contribution in [0.1, 0.15) is 36.2 Å². The third-order valence-electron chi connectivity index (χ3n) is 3.74. The van der Waals surface area contributed by atoms with E-state index in [1.807, 2.05) is 0 Å². The highest BCUT2D eigenvalue weighted by Crippen LogP contribution is 2.20. The minimum Gasteiger partial charge on any atom is -0.451 e. The Morgan fingerprint density at radius 3 is 2.59 bits per heavy atom. The summed E-state index contributed by atoms with van der Waals surface area (Å²) in [6.07, 6.45) is 2.48. The maximum Gasteiger partial charge on any atom is 0.329 e. The maximum absolute atomic E-state index is 12.2. The van der Waals surface area contributed by atoms with E-state index in [2.05, 4.69) is 20.4 Å². The van der Waals surface area contributed by atoms with Gasteiger partial charge in [-0.05, 0) is 38.1 Å². The average molecular weight is 366 g/mol. The quantitative estimate of drug-likeness (QED) is 0.668. The number of ether oxygens (including phenoxy) is 1. The van der Waals surface area contributed by atoms with E-state index >= 15 is 0 Å². The van der Waals surface area contributed by atoms with E-state index in [0.717, 1.165) is 0 Å². The van der Waals surface area contributed by atoms with E-state index in [1.165, 1.54) is 0 Å². The lowest BCUT2D eigenvalue weighted by molar-refractivity contribution is -0.151. The average Bonchev–Trinajstić information content (AvgIpc) is 3.19. The fourth-order valence-electron chi connectivity index (χ4n) is 2.27. The van der Waals surface area contributed by atoms with Crippen LogP contribution in [-0.4, -0.2) is 33.0 Å². The summed E-state index contributed by atoms with van der Waals surface area (Å²) in [6, 6.07) is 11.3. The molecule has 8 heteroatoms. The zero-order valence-electron chi connectivity index (χ0n) is 14.8. The van der Waals surface area contributed by atoms with Crippen LogP contribution in [0.5, 0.6) is 0 Å². The molecule has 2 atom stereocenters. The summed E-state index contributed by atoms with van der Waals surface area (Å²) >= 11 is 0. The summed E-state index contributed by atoms with van der Waals surface area (Å²) < 4.78 is 10.5. The molecule has 0 radical (unpaired) electrons. The normalized spacial score (nSPS) is 12.8. The summed E-state index contributed by atoms with van der Waals surface area (Å²) in [5.74, 6) is -0.451. The van der Waals surface area contributed by atoms with Gasteiger partial charge in [0, 0.05) is 23.5 Å². The fraction of sp³-hybridized carbons (Fsp3) is 0.211. The number of hydrogen-bond acceptors (Lipinski definition) is 7. The minimum absolute atomic E-state index is 0.156. The summed E-state index contributed by atoms with van der Waals surface area (Å²) in [7, 11) is 0. The van der Waals surface area contributed by atoms with Gasteiger partial charge < -0.3 is 14.6 Å². The zero-order valence-corrected chi connectivity index (χ0v) is 14.8. The molecular formula is C19H18N4O4. The molecule has 1 unspecified atom stereocenters. The third-order valence-corrected chi connectivity index (χ3v) is 3.74. The predicted molar refractivity (Wildman–Crippen MR) is 95.4 cm³/mol. The van der Waals surface area contributed by atoms with Crippen molar-refractivity contribution in [3.05, 3.63) is 66.3 Å². The number of pyridine rings is 1. The molecule has 0 aliphatic heterocycles. The van der Waals surface area contributed by atoms with Gasteiger partial charge in [0.05, 0.1) is 0 Å². The minimum atomic E-state index is -0.833. The van der Waals surface area contributed by atoms with Gasteiger partial charge in [-0.2, -0.15) is 4.98 Å². The molecule has 1 aromatic carbocycles. The number of esters is 1. The number of carbonyl (C=O) groups is 2. The van der Waals surface area contributed by atoms with Crippen LogP contribution >= 0.6 is 0 Å². The van der Waals surface area contributed by atoms with Crippen LogP contribution in [0.25, 0.3) is 11.4 Å². The van der Waals surface area contributed by atoms with Crippen molar-refractivity contribution in [2.75, 3.05) is 0 Å². The molecule has 3 rings (SSSR count). The van der Waals surface area contributed by atoms with E-state index in [0.29, 0.717) is 17.0 Å². The van der Waals surface area contributed by atoms with Crippen LogP contribution in [0.4, 0.5) is 0 Å². The Bertz CT molecular complexity index is 912. The van der Waals surface area contributed by atoms with Crippen LogP contribution in [0.2, 0.25) is 0 Å². The van der Waals surface area contributed by atoms with Gasteiger partial charge in [0.1, 0.15) is 6.04 Å². The SMILES string of the molecule is CC(OC(=O)[C@H](C)NC(=O)c1ccccc1)c1nc(-c2cccnc2)no1. The Labute approximate surface area is 155 Å². The molecule has 2 heterocycles. The molecule has 0 saturated carbocycles. The van der Waals surface area contributed by atoms with E-state index in [9.17, 15) is 9.59 Å². The lowest BCUT2D eigenvalue weighted by atomic mass is 10.2. The Hall–Kier alpha value is -3.55. The van der Waals surface area contributed by atoms with Gasteiger partial charge >= 0.3 is 5.97 Å². The summed E-state index contributed by atoms with van der Waals surface area (Å²) in [5.41, 5.74) is 1.15. The first kappa shape index (κ1) is 18.2. The Morgan fingerprint density at radius 1 is 1.11 bits per heavy atom. The highest BCUT2D eigenvalue weighted by molar-refractivity contribution is 5.96. The first-order valence-corrected chi connectivity index (χ1v) is 8.35. The number of amides is 1. The summed E-state index contributed by atoms with van der Waals surface area (Å²) in [5, 5.41) is 6.46. The van der Waals surface area contributed by atoms with Crippen LogP contribution in [0.3, 0.4) is 0 Å². The Balaban J connectivity index is 1.59. The monoisotopic (exact) mass is 366 g/mol. The number of aromatic nitrogens is 3. The van der Waals surface area contributed by atoms with Gasteiger partial charge in [-0.25, -0.2) is 4.79 Å². The summed E-state index contributed by atoms with van der Waals surface area (Å²) in [6.45, 7) is 3.16. The summed E-state index contributed by atoms with van der Waals surface area (Å²) in [4.78, 5) is 32.6. The van der Waals surface area contributed by atoms with Gasteiger partial charge in [0.2, 0.25) is 5.82 Å². The second-order valence-electron chi connectivity index (χ2n) is 5.84. The molecule has 8 nitrogen and oxygen atoms in total. The van der Waals surface area contributed by atoms with E-state index < -0.39 is 18.1 Å². The first-order chi connectivity index (χ1) is 13.0. The van der Waals surface area contributed by atoms with Crippen molar-refractivity contribution < 1.29 is 18.8 Å². The lowest BCUT2D eigenvalue weighted by Gasteiger charge is -2.15. The molecule has 138 valence electrons. The number of hydrogen-bond donors (Lipinski definition) is 1. The van der Waals surface area contributed by atoms with Gasteiger partial charge in [-0.15, -0.1) is 0 Å². The molecule has 27 heavy (non-hydrogen) atoms. The molecule has 1 N–H and O–H groups in total. The molecule has 0 fully saturated rings. The highest BCUT2D eigenvalue weighted by Gasteiger charge is 2.24. The largest absolute Gasteiger partial charge is 0.451 e. The number of rotatable bonds is 6. The van der Waals surface area contributed by atoms with Crippen LogP contribution in [0.15, 0.2) is 59.4 Å². The standard InChI is InChI=1S/C19H18N4O4/c1-12(21-17(24)14-7-4-3-5-8-14)19(25)26-13(2)18-22-16(23-27-18)15-9-6-10-20-11-15/h3-13H,1-2H3,(H,21,24)/t12-,13?/m0/s1. The maximum atomic E-state index is 12.2. The molecule has 0 aliphatic rings. The molecule has 0 aliphatic carbocycles. The molecule has 0 saturated heterocycles. The van der Waals surface area contributed by atoms with Crippen LogP contribution in [0, 0.1) is 0 Å². The van der Waals surface area contributed by atoms with Gasteiger partial charge in [0.25, 0.3) is 11.8 Å². The van der Waals surface area contributed by atoms with Gasteiger partial charge in [-0.1, -0.05) is 23.4 Å². The zero-order chi connectivity index (χ0) is 19.2. The van der Waals surface area contributed by atoms with Crippen molar-refractivity contribution in [3.8, 4) is 11.4 Å². The Morgan fingerprint density at radius 2 is 1.89 bits per heavy atom. The number of nitrogens with one attached hydrogen (secondary N) is 1. The fourth-order valence-corrected chi connectivity index (χ4v) is 2.27. The van der Waals surface area contributed by atoms with Crippen LogP contribution in [-0.2, 0) is 9.53 Å². The molecule has 1 amide bonds. The number of nitrogens with zero attached hydrogens (tertiary/aromatic N) is 3. The van der Waals surface area contributed by atoms with Crippen molar-refractivity contribution in [2.24, 2.45) is 0 Å². The molecule has 2 aromatic heterocycles. The van der Waals surface area contributed by atoms with E-state index in [1.54, 1.807) is 68.7 Å². The Kier molecular flexibility index (Phi) is 5.55. The third kappa shape index (κ3) is 4.55. The second-order valence-corrected chi connectivity index (χ2v) is 5.84. The van der Waals surface area contributed by atoms with Crippen molar-refractivity contribution in [2.45, 2.75) is 26.0 Å².